The Morgan fingerprint density at radius 3 is 2.84 bits per heavy atom. The SMILES string of the molecule is Cc1ccc(NC(=O)[C@H]2C[C@H]3C[C@H]3N2c2ncccn2)cc1-c1ncc2cccn2n1. The van der Waals surface area contributed by atoms with E-state index in [-0.39, 0.29) is 11.9 Å². The largest absolute Gasteiger partial charge is 0.325 e. The number of piperidine rings is 1. The molecular formula is C23H21N7O. The van der Waals surface area contributed by atoms with E-state index in [2.05, 4.69) is 30.3 Å². The topological polar surface area (TPSA) is 88.3 Å². The maximum Gasteiger partial charge on any atom is 0.247 e. The average molecular weight is 411 g/mol. The fraction of sp³-hybridized carbons (Fsp3) is 0.261. The highest BCUT2D eigenvalue weighted by atomic mass is 16.2. The number of amides is 1. The summed E-state index contributed by atoms with van der Waals surface area (Å²) in [5, 5.41) is 7.70. The van der Waals surface area contributed by atoms with Gasteiger partial charge in [-0.3, -0.25) is 4.79 Å². The Balaban J connectivity index is 1.27. The van der Waals surface area contributed by atoms with E-state index in [0.29, 0.717) is 23.7 Å². The summed E-state index contributed by atoms with van der Waals surface area (Å²) in [6, 6.07) is 11.6. The van der Waals surface area contributed by atoms with Crippen LogP contribution in [0.1, 0.15) is 18.4 Å². The zero-order chi connectivity index (χ0) is 20.9. The van der Waals surface area contributed by atoms with Gasteiger partial charge in [-0.15, -0.1) is 5.10 Å². The number of benzene rings is 1. The van der Waals surface area contributed by atoms with Crippen molar-refractivity contribution in [3.63, 3.8) is 0 Å². The quantitative estimate of drug-likeness (QED) is 0.555. The number of anilines is 2. The van der Waals surface area contributed by atoms with Gasteiger partial charge in [-0.1, -0.05) is 6.07 Å². The molecule has 0 unspecified atom stereocenters. The lowest BCUT2D eigenvalue weighted by molar-refractivity contribution is -0.117. The van der Waals surface area contributed by atoms with Crippen molar-refractivity contribution < 1.29 is 4.79 Å². The van der Waals surface area contributed by atoms with Crippen LogP contribution in [0.25, 0.3) is 16.9 Å². The number of rotatable bonds is 4. The molecule has 4 heterocycles. The van der Waals surface area contributed by atoms with Crippen molar-refractivity contribution in [3.8, 4) is 11.4 Å². The van der Waals surface area contributed by atoms with Crippen LogP contribution in [0.15, 0.2) is 61.2 Å². The molecule has 1 saturated heterocycles. The van der Waals surface area contributed by atoms with Crippen molar-refractivity contribution in [2.45, 2.75) is 31.8 Å². The van der Waals surface area contributed by atoms with Crippen molar-refractivity contribution in [3.05, 3.63) is 66.7 Å². The number of nitrogens with one attached hydrogen (secondary N) is 1. The van der Waals surface area contributed by atoms with Crippen LogP contribution in [0.2, 0.25) is 0 Å². The number of aryl methyl sites for hydroxylation is 1. The molecule has 1 aromatic carbocycles. The average Bonchev–Trinajstić information content (AvgIpc) is 3.22. The molecule has 31 heavy (non-hydrogen) atoms. The smallest absolute Gasteiger partial charge is 0.247 e. The van der Waals surface area contributed by atoms with E-state index in [1.54, 1.807) is 29.2 Å². The van der Waals surface area contributed by atoms with Crippen LogP contribution in [0.3, 0.4) is 0 Å². The summed E-state index contributed by atoms with van der Waals surface area (Å²) in [7, 11) is 0. The van der Waals surface area contributed by atoms with Crippen molar-refractivity contribution in [2.24, 2.45) is 5.92 Å². The fourth-order valence-corrected chi connectivity index (χ4v) is 4.53. The summed E-state index contributed by atoms with van der Waals surface area (Å²) in [5.41, 5.74) is 3.61. The van der Waals surface area contributed by atoms with E-state index in [0.717, 1.165) is 35.2 Å². The summed E-state index contributed by atoms with van der Waals surface area (Å²) in [6.07, 6.45) is 9.08. The summed E-state index contributed by atoms with van der Waals surface area (Å²) < 4.78 is 1.80. The van der Waals surface area contributed by atoms with Gasteiger partial charge in [0.25, 0.3) is 0 Å². The first-order valence-corrected chi connectivity index (χ1v) is 10.4. The summed E-state index contributed by atoms with van der Waals surface area (Å²) in [5.74, 6) is 1.77. The van der Waals surface area contributed by atoms with E-state index in [9.17, 15) is 4.79 Å². The summed E-state index contributed by atoms with van der Waals surface area (Å²) >= 11 is 0. The molecule has 4 aromatic rings. The predicted molar refractivity (Wildman–Crippen MR) is 117 cm³/mol. The summed E-state index contributed by atoms with van der Waals surface area (Å²) in [6.45, 7) is 2.02. The van der Waals surface area contributed by atoms with Gasteiger partial charge in [-0.05, 0) is 61.6 Å². The second kappa shape index (κ2) is 6.87. The third-order valence-corrected chi connectivity index (χ3v) is 6.22. The van der Waals surface area contributed by atoms with Gasteiger partial charge in [-0.25, -0.2) is 19.5 Å². The molecule has 2 fully saturated rings. The van der Waals surface area contributed by atoms with Gasteiger partial charge < -0.3 is 10.2 Å². The molecule has 8 heteroatoms. The Hall–Kier alpha value is -3.81. The number of carbonyl (C=O) groups is 1. The Bertz CT molecular complexity index is 1290. The minimum absolute atomic E-state index is 0.0313. The maximum absolute atomic E-state index is 13.2. The van der Waals surface area contributed by atoms with Crippen molar-refractivity contribution in [1.29, 1.82) is 0 Å². The van der Waals surface area contributed by atoms with Crippen LogP contribution in [-0.4, -0.2) is 42.6 Å². The second-order valence-electron chi connectivity index (χ2n) is 8.25. The molecule has 2 aliphatic rings. The van der Waals surface area contributed by atoms with E-state index < -0.39 is 0 Å². The van der Waals surface area contributed by atoms with Gasteiger partial charge in [0.05, 0.1) is 11.7 Å². The van der Waals surface area contributed by atoms with E-state index in [4.69, 9.17) is 0 Å². The van der Waals surface area contributed by atoms with E-state index >= 15 is 0 Å². The van der Waals surface area contributed by atoms with Crippen LogP contribution in [0.5, 0.6) is 0 Å². The molecule has 0 bridgehead atoms. The lowest BCUT2D eigenvalue weighted by Gasteiger charge is -2.26. The monoisotopic (exact) mass is 411 g/mol. The molecule has 8 nitrogen and oxygen atoms in total. The molecule has 1 aliphatic carbocycles. The number of nitrogens with zero attached hydrogens (tertiary/aromatic N) is 6. The number of hydrogen-bond acceptors (Lipinski definition) is 6. The van der Waals surface area contributed by atoms with Gasteiger partial charge in [0.15, 0.2) is 5.82 Å². The molecular weight excluding hydrogens is 390 g/mol. The second-order valence-corrected chi connectivity index (χ2v) is 8.25. The highest BCUT2D eigenvalue weighted by Crippen LogP contribution is 2.49. The van der Waals surface area contributed by atoms with Crippen LogP contribution < -0.4 is 10.2 Å². The Morgan fingerprint density at radius 2 is 1.97 bits per heavy atom. The lowest BCUT2D eigenvalue weighted by atomic mass is 10.1. The van der Waals surface area contributed by atoms with Crippen LogP contribution in [-0.2, 0) is 4.79 Å². The highest BCUT2D eigenvalue weighted by Gasteiger charge is 2.55. The minimum Gasteiger partial charge on any atom is -0.325 e. The van der Waals surface area contributed by atoms with Crippen LogP contribution >= 0.6 is 0 Å². The number of fused-ring (bicyclic) bond motifs is 2. The maximum atomic E-state index is 13.2. The molecule has 1 saturated carbocycles. The van der Waals surface area contributed by atoms with Gasteiger partial charge in [-0.2, -0.15) is 0 Å². The van der Waals surface area contributed by atoms with Crippen molar-refractivity contribution >= 4 is 23.1 Å². The Labute approximate surface area is 179 Å². The van der Waals surface area contributed by atoms with Crippen LogP contribution in [0.4, 0.5) is 11.6 Å². The van der Waals surface area contributed by atoms with E-state index in [1.807, 2.05) is 43.5 Å². The third-order valence-electron chi connectivity index (χ3n) is 6.22. The zero-order valence-electron chi connectivity index (χ0n) is 17.0. The lowest BCUT2D eigenvalue weighted by Crippen LogP contribution is -2.43. The number of hydrogen-bond donors (Lipinski definition) is 1. The fourth-order valence-electron chi connectivity index (χ4n) is 4.53. The molecule has 3 aromatic heterocycles. The van der Waals surface area contributed by atoms with Gasteiger partial charge in [0.1, 0.15) is 6.04 Å². The molecule has 0 spiro atoms. The summed E-state index contributed by atoms with van der Waals surface area (Å²) in [4.78, 5) is 28.5. The standard InChI is InChI=1S/C23H21N7O/c1-14-5-6-16(12-18(14)21-26-13-17-4-2-9-29(17)28-21)27-22(31)20-11-15-10-19(15)30(20)23-24-7-3-8-25-23/h2-9,12-13,15,19-20H,10-11H2,1H3,(H,27,31)/t15-,19-,20-/m1/s1. The Morgan fingerprint density at radius 1 is 1.10 bits per heavy atom. The molecule has 6 rings (SSSR count). The molecule has 154 valence electrons. The number of aromatic nitrogens is 5. The zero-order valence-corrected chi connectivity index (χ0v) is 17.0. The van der Waals surface area contributed by atoms with Gasteiger partial charge in [0.2, 0.25) is 11.9 Å². The predicted octanol–water partition coefficient (Wildman–Crippen LogP) is 3.10. The number of carbonyl (C=O) groups excluding carboxylic acids is 1. The third kappa shape index (κ3) is 3.11. The van der Waals surface area contributed by atoms with Crippen molar-refractivity contribution in [1.82, 2.24) is 24.6 Å². The van der Waals surface area contributed by atoms with Crippen molar-refractivity contribution in [2.75, 3.05) is 10.2 Å². The molecule has 1 N–H and O–H groups in total. The first-order chi connectivity index (χ1) is 15.2. The van der Waals surface area contributed by atoms with E-state index in [1.165, 1.54) is 0 Å². The molecule has 1 amide bonds. The molecule has 0 radical (unpaired) electrons. The first-order valence-electron chi connectivity index (χ1n) is 10.4. The Kier molecular flexibility index (Phi) is 3.99. The molecule has 1 aliphatic heterocycles. The van der Waals surface area contributed by atoms with Gasteiger partial charge in [0, 0.05) is 35.9 Å². The normalized spacial score (nSPS) is 21.8. The highest BCUT2D eigenvalue weighted by molar-refractivity contribution is 5.98. The van der Waals surface area contributed by atoms with Gasteiger partial charge >= 0.3 is 0 Å². The van der Waals surface area contributed by atoms with Crippen LogP contribution in [0, 0.1) is 12.8 Å². The minimum atomic E-state index is -0.261. The molecule has 3 atom stereocenters. The first kappa shape index (κ1) is 18.0.